The van der Waals surface area contributed by atoms with Crippen LogP contribution >= 0.6 is 11.3 Å². The topological polar surface area (TPSA) is 88.2 Å². The third-order valence-corrected chi connectivity index (χ3v) is 9.31. The molecule has 182 valence electrons. The number of sulfonamides is 1. The highest BCUT2D eigenvalue weighted by Gasteiger charge is 2.29. The SMILES string of the molecule is CCCCNS(=O)(=O)c1ccc2nc(-c3cccs3)cc(C(=O)N[C@@H]3CCC[C@@H](C)[C@H]3C)c2c1. The zero-order valence-electron chi connectivity index (χ0n) is 20.0. The molecule has 0 radical (unpaired) electrons. The third-order valence-electron chi connectivity index (χ3n) is 6.95. The quantitative estimate of drug-likeness (QED) is 0.395. The van der Waals surface area contributed by atoms with Gasteiger partial charge in [-0.3, -0.25) is 4.79 Å². The zero-order chi connectivity index (χ0) is 24.3. The van der Waals surface area contributed by atoms with E-state index in [1.807, 2.05) is 24.4 Å². The van der Waals surface area contributed by atoms with Crippen LogP contribution in [-0.2, 0) is 10.0 Å². The predicted molar refractivity (Wildman–Crippen MR) is 139 cm³/mol. The van der Waals surface area contributed by atoms with Gasteiger partial charge in [0.05, 0.1) is 26.5 Å². The fraction of sp³-hybridized carbons (Fsp3) is 0.462. The van der Waals surface area contributed by atoms with Crippen LogP contribution in [0.5, 0.6) is 0 Å². The molecule has 34 heavy (non-hydrogen) atoms. The van der Waals surface area contributed by atoms with E-state index < -0.39 is 10.0 Å². The van der Waals surface area contributed by atoms with Crippen LogP contribution in [0.15, 0.2) is 46.7 Å². The number of hydrogen-bond donors (Lipinski definition) is 2. The van der Waals surface area contributed by atoms with Gasteiger partial charge in [0.25, 0.3) is 5.91 Å². The summed E-state index contributed by atoms with van der Waals surface area (Å²) in [5.74, 6) is 0.770. The number of aromatic nitrogens is 1. The summed E-state index contributed by atoms with van der Waals surface area (Å²) >= 11 is 1.56. The lowest BCUT2D eigenvalue weighted by Gasteiger charge is -2.34. The molecule has 0 bridgehead atoms. The van der Waals surface area contributed by atoms with Gasteiger partial charge in [0.15, 0.2) is 0 Å². The van der Waals surface area contributed by atoms with E-state index in [-0.39, 0.29) is 16.8 Å². The summed E-state index contributed by atoms with van der Waals surface area (Å²) in [5.41, 5.74) is 1.78. The number of nitrogens with one attached hydrogen (secondary N) is 2. The van der Waals surface area contributed by atoms with Gasteiger partial charge >= 0.3 is 0 Å². The highest BCUT2D eigenvalue weighted by Crippen LogP contribution is 2.32. The average Bonchev–Trinajstić information content (AvgIpc) is 3.36. The van der Waals surface area contributed by atoms with Crippen molar-refractivity contribution in [2.45, 2.75) is 63.8 Å². The van der Waals surface area contributed by atoms with Crippen molar-refractivity contribution in [1.82, 2.24) is 15.0 Å². The Labute approximate surface area is 206 Å². The van der Waals surface area contributed by atoms with Crippen molar-refractivity contribution in [3.05, 3.63) is 47.3 Å². The zero-order valence-corrected chi connectivity index (χ0v) is 21.6. The summed E-state index contributed by atoms with van der Waals surface area (Å²) in [5, 5.41) is 5.78. The molecule has 6 nitrogen and oxygen atoms in total. The standard InChI is InChI=1S/C26H33N3O3S2/c1-4-5-13-27-34(31,32)19-11-12-23-20(15-19)21(16-24(28-23)25-10-7-14-33-25)26(30)29-22-9-6-8-17(2)18(22)3/h7,10-12,14-18,22,27H,4-6,8-9,13H2,1-3H3,(H,29,30)/t17-,18-,22-/m1/s1. The van der Waals surface area contributed by atoms with E-state index in [2.05, 4.69) is 23.9 Å². The number of thiophene rings is 1. The molecule has 0 saturated heterocycles. The molecule has 2 N–H and O–H groups in total. The van der Waals surface area contributed by atoms with Crippen LogP contribution in [0.2, 0.25) is 0 Å². The average molecular weight is 500 g/mol. The van der Waals surface area contributed by atoms with Crippen molar-refractivity contribution in [3.8, 4) is 10.6 Å². The number of rotatable bonds is 8. The molecule has 2 heterocycles. The first kappa shape index (κ1) is 24.8. The Balaban J connectivity index is 1.75. The van der Waals surface area contributed by atoms with E-state index in [1.165, 1.54) is 6.42 Å². The molecule has 1 aliphatic carbocycles. The van der Waals surface area contributed by atoms with Crippen molar-refractivity contribution in [2.24, 2.45) is 11.8 Å². The minimum atomic E-state index is -3.67. The van der Waals surface area contributed by atoms with Crippen molar-refractivity contribution in [2.75, 3.05) is 6.54 Å². The van der Waals surface area contributed by atoms with E-state index in [0.29, 0.717) is 34.8 Å². The first-order valence-electron chi connectivity index (χ1n) is 12.1. The largest absolute Gasteiger partial charge is 0.349 e. The number of unbranched alkanes of at least 4 members (excludes halogenated alkanes) is 1. The maximum Gasteiger partial charge on any atom is 0.252 e. The first-order valence-corrected chi connectivity index (χ1v) is 14.5. The van der Waals surface area contributed by atoms with E-state index in [4.69, 9.17) is 4.98 Å². The van der Waals surface area contributed by atoms with Gasteiger partial charge in [-0.25, -0.2) is 18.1 Å². The molecule has 3 atom stereocenters. The minimum Gasteiger partial charge on any atom is -0.349 e. The van der Waals surface area contributed by atoms with E-state index in [0.717, 1.165) is 36.3 Å². The van der Waals surface area contributed by atoms with Crippen LogP contribution in [0.4, 0.5) is 0 Å². The lowest BCUT2D eigenvalue weighted by atomic mass is 9.78. The smallest absolute Gasteiger partial charge is 0.252 e. The van der Waals surface area contributed by atoms with Gasteiger partial charge in [-0.2, -0.15) is 0 Å². The summed E-state index contributed by atoms with van der Waals surface area (Å²) < 4.78 is 28.4. The Hall–Kier alpha value is -2.29. The van der Waals surface area contributed by atoms with E-state index >= 15 is 0 Å². The molecule has 0 unspecified atom stereocenters. The van der Waals surface area contributed by atoms with Gasteiger partial charge in [-0.15, -0.1) is 11.3 Å². The van der Waals surface area contributed by atoms with Gasteiger partial charge in [-0.1, -0.05) is 46.1 Å². The summed E-state index contributed by atoms with van der Waals surface area (Å²) in [6, 6.07) is 10.7. The highest BCUT2D eigenvalue weighted by atomic mass is 32.2. The van der Waals surface area contributed by atoms with Crippen molar-refractivity contribution < 1.29 is 13.2 Å². The normalized spacial score (nSPS) is 21.0. The summed E-state index contributed by atoms with van der Waals surface area (Å²) in [6.07, 6.45) is 4.90. The highest BCUT2D eigenvalue weighted by molar-refractivity contribution is 7.89. The Morgan fingerprint density at radius 2 is 2.00 bits per heavy atom. The molecule has 1 aliphatic rings. The Kier molecular flexibility index (Phi) is 7.70. The number of fused-ring (bicyclic) bond motifs is 1. The summed E-state index contributed by atoms with van der Waals surface area (Å²) in [7, 11) is -3.67. The van der Waals surface area contributed by atoms with E-state index in [1.54, 1.807) is 35.6 Å². The van der Waals surface area contributed by atoms with Crippen LogP contribution in [0, 0.1) is 11.8 Å². The lowest BCUT2D eigenvalue weighted by Crippen LogP contribution is -2.43. The van der Waals surface area contributed by atoms with E-state index in [9.17, 15) is 13.2 Å². The number of benzene rings is 1. The second kappa shape index (κ2) is 10.5. The minimum absolute atomic E-state index is 0.104. The van der Waals surface area contributed by atoms with Crippen LogP contribution in [0.25, 0.3) is 21.5 Å². The third kappa shape index (κ3) is 5.34. The van der Waals surface area contributed by atoms with Crippen LogP contribution < -0.4 is 10.0 Å². The molecule has 1 saturated carbocycles. The second-order valence-corrected chi connectivity index (χ2v) is 12.0. The Morgan fingerprint density at radius 3 is 2.74 bits per heavy atom. The second-order valence-electron chi connectivity index (χ2n) is 9.31. The molecular weight excluding hydrogens is 466 g/mol. The monoisotopic (exact) mass is 499 g/mol. The molecular formula is C26H33N3O3S2. The molecule has 1 fully saturated rings. The van der Waals surface area contributed by atoms with Gasteiger partial charge in [0.1, 0.15) is 0 Å². The number of carbonyl (C=O) groups is 1. The van der Waals surface area contributed by atoms with Gasteiger partial charge in [-0.05, 0) is 60.4 Å². The Bertz CT molecular complexity index is 1260. The molecule has 1 aromatic carbocycles. The number of hydrogen-bond acceptors (Lipinski definition) is 5. The number of carbonyl (C=O) groups excluding carboxylic acids is 1. The van der Waals surface area contributed by atoms with Crippen LogP contribution in [0.1, 0.15) is 63.2 Å². The number of amides is 1. The molecule has 4 rings (SSSR count). The van der Waals surface area contributed by atoms with Gasteiger partial charge in [0.2, 0.25) is 10.0 Å². The molecule has 1 amide bonds. The summed E-state index contributed by atoms with van der Waals surface area (Å²) in [6.45, 7) is 6.84. The van der Waals surface area contributed by atoms with Gasteiger partial charge in [0, 0.05) is 18.0 Å². The molecule has 2 aromatic heterocycles. The maximum absolute atomic E-state index is 13.6. The number of nitrogens with zero attached hydrogens (tertiary/aromatic N) is 1. The van der Waals surface area contributed by atoms with Crippen LogP contribution in [0.3, 0.4) is 0 Å². The van der Waals surface area contributed by atoms with Crippen molar-refractivity contribution in [3.63, 3.8) is 0 Å². The van der Waals surface area contributed by atoms with Crippen LogP contribution in [-0.4, -0.2) is 31.9 Å². The predicted octanol–water partition coefficient (Wildman–Crippen LogP) is 5.60. The van der Waals surface area contributed by atoms with Crippen molar-refractivity contribution >= 4 is 38.2 Å². The molecule has 8 heteroatoms. The summed E-state index contributed by atoms with van der Waals surface area (Å²) in [4.78, 5) is 19.4. The molecule has 0 spiro atoms. The lowest BCUT2D eigenvalue weighted by molar-refractivity contribution is 0.0892. The fourth-order valence-electron chi connectivity index (χ4n) is 4.61. The van der Waals surface area contributed by atoms with Gasteiger partial charge < -0.3 is 5.32 Å². The first-order chi connectivity index (χ1) is 16.3. The van der Waals surface area contributed by atoms with Crippen molar-refractivity contribution in [1.29, 1.82) is 0 Å². The Morgan fingerprint density at radius 1 is 1.18 bits per heavy atom. The number of pyridine rings is 1. The maximum atomic E-state index is 13.6. The molecule has 3 aromatic rings. The fourth-order valence-corrected chi connectivity index (χ4v) is 6.40. The molecule has 0 aliphatic heterocycles.